The van der Waals surface area contributed by atoms with Crippen LogP contribution in [0.15, 0.2) is 0 Å². The number of carboxylic acids is 1. The van der Waals surface area contributed by atoms with E-state index in [1.54, 1.807) is 0 Å². The molecule has 0 aromatic rings. The van der Waals surface area contributed by atoms with Crippen LogP contribution < -0.4 is 0 Å². The van der Waals surface area contributed by atoms with Gasteiger partial charge in [0.25, 0.3) is 0 Å². The van der Waals surface area contributed by atoms with Crippen molar-refractivity contribution in [1.82, 2.24) is 0 Å². The van der Waals surface area contributed by atoms with E-state index in [2.05, 4.69) is 0 Å². The molecule has 0 rings (SSSR count). The Morgan fingerprint density at radius 1 is 1.62 bits per heavy atom. The summed E-state index contributed by atoms with van der Waals surface area (Å²) in [7, 11) is 0. The van der Waals surface area contributed by atoms with Crippen molar-refractivity contribution in [2.24, 2.45) is 0 Å². The third kappa shape index (κ3) is 15.9. The van der Waals surface area contributed by atoms with Crippen molar-refractivity contribution in [3.8, 4) is 0 Å². The Morgan fingerprint density at radius 2 is 2.00 bits per heavy atom. The molecule has 0 saturated carbocycles. The molecule has 0 radical (unpaired) electrons. The molecule has 0 heterocycles. The molecule has 2 nitrogen and oxygen atoms in total. The molecule has 0 aliphatic heterocycles. The molecule has 0 unspecified atom stereocenters. The van der Waals surface area contributed by atoms with Crippen LogP contribution in [-0.4, -0.2) is 40.6 Å². The van der Waals surface area contributed by atoms with Gasteiger partial charge in [0.15, 0.2) is 0 Å². The van der Waals surface area contributed by atoms with Crippen LogP contribution in [0.5, 0.6) is 0 Å². The quantitative estimate of drug-likeness (QED) is 0.584. The van der Waals surface area contributed by atoms with Crippen LogP contribution in [0.2, 0.25) is 0 Å². The summed E-state index contributed by atoms with van der Waals surface area (Å²) < 4.78 is 0. The number of rotatable bonds is 2. The van der Waals surface area contributed by atoms with Crippen molar-refractivity contribution in [3.63, 3.8) is 0 Å². The Kier molecular flexibility index (Phi) is 21.2. The fourth-order valence-electron chi connectivity index (χ4n) is 0.214. The maximum atomic E-state index is 9.60. The van der Waals surface area contributed by atoms with E-state index in [-0.39, 0.29) is 42.0 Å². The molecular formula is C4H10ClNaO2. The van der Waals surface area contributed by atoms with Crippen LogP contribution in [-0.2, 0) is 4.79 Å². The van der Waals surface area contributed by atoms with E-state index in [0.29, 0.717) is 6.42 Å². The van der Waals surface area contributed by atoms with Gasteiger partial charge in [0, 0.05) is 6.42 Å². The van der Waals surface area contributed by atoms with Gasteiger partial charge in [0.2, 0.25) is 0 Å². The molecule has 0 amide bonds. The molecule has 0 aliphatic carbocycles. The van der Waals surface area contributed by atoms with Gasteiger partial charge in [-0.05, 0) is 6.42 Å². The zero-order valence-electron chi connectivity index (χ0n) is 4.18. The first-order chi connectivity index (χ1) is 2.77. The van der Waals surface area contributed by atoms with Gasteiger partial charge in [-0.15, -0.1) is 12.4 Å². The number of carboxylic acid groups (broad SMARTS) is 1. The average molecular weight is 149 g/mol. The first kappa shape index (κ1) is 15.9. The summed E-state index contributed by atoms with van der Waals surface area (Å²) in [5.74, 6) is -0.711. The van der Waals surface area contributed by atoms with Crippen LogP contribution in [0.3, 0.4) is 0 Å². The van der Waals surface area contributed by atoms with Crippen molar-refractivity contribution >= 4 is 47.9 Å². The van der Waals surface area contributed by atoms with Crippen LogP contribution in [0, 0.1) is 0 Å². The Balaban J connectivity index is -0.000000125. The van der Waals surface area contributed by atoms with Crippen molar-refractivity contribution in [1.29, 1.82) is 0 Å². The van der Waals surface area contributed by atoms with Gasteiger partial charge in [-0.1, -0.05) is 6.92 Å². The number of aliphatic carboxylic acids is 1. The molecule has 0 aliphatic rings. The number of hydrogen-bond acceptors (Lipinski definition) is 1. The van der Waals surface area contributed by atoms with E-state index < -0.39 is 5.97 Å². The van der Waals surface area contributed by atoms with E-state index in [1.807, 2.05) is 6.92 Å². The number of halogens is 1. The monoisotopic (exact) mass is 148 g/mol. The minimum atomic E-state index is -0.711. The molecule has 4 heteroatoms. The molecule has 0 fully saturated rings. The Labute approximate surface area is 77.4 Å². The van der Waals surface area contributed by atoms with Gasteiger partial charge in [0.05, 0.1) is 0 Å². The fourth-order valence-corrected chi connectivity index (χ4v) is 0.214. The summed E-state index contributed by atoms with van der Waals surface area (Å²) in [6.45, 7) is 1.84. The van der Waals surface area contributed by atoms with Gasteiger partial charge in [-0.2, -0.15) is 0 Å². The Hall–Kier alpha value is 0.760. The summed E-state index contributed by atoms with van der Waals surface area (Å²) in [5, 5.41) is 7.91. The summed E-state index contributed by atoms with van der Waals surface area (Å²) in [6.07, 6.45) is 1.02. The first-order valence-electron chi connectivity index (χ1n) is 1.99. The standard InChI is InChI=1S/C4H8O2.ClH.Na.H/c1-2-3-4(5)6;;;/h2-3H2,1H3,(H,5,6);1H;;. The van der Waals surface area contributed by atoms with Crippen LogP contribution in [0.25, 0.3) is 0 Å². The maximum absolute atomic E-state index is 9.60. The SMILES string of the molecule is CCCC(=O)O.Cl.[NaH]. The molecule has 0 aromatic carbocycles. The van der Waals surface area contributed by atoms with Gasteiger partial charge in [0.1, 0.15) is 0 Å². The van der Waals surface area contributed by atoms with Gasteiger partial charge >= 0.3 is 35.5 Å². The number of hydrogen-bond donors (Lipinski definition) is 1. The molecule has 0 aromatic heterocycles. The first-order valence-corrected chi connectivity index (χ1v) is 1.99. The zero-order chi connectivity index (χ0) is 4.99. The third-order valence-electron chi connectivity index (χ3n) is 0.464. The topological polar surface area (TPSA) is 37.3 Å². The summed E-state index contributed by atoms with van der Waals surface area (Å²) in [6, 6.07) is 0. The van der Waals surface area contributed by atoms with Crippen molar-refractivity contribution < 1.29 is 9.90 Å². The third-order valence-corrected chi connectivity index (χ3v) is 0.464. The predicted octanol–water partition coefficient (Wildman–Crippen LogP) is 0.644. The zero-order valence-corrected chi connectivity index (χ0v) is 4.99. The number of carbonyl (C=O) groups is 1. The van der Waals surface area contributed by atoms with E-state index in [1.165, 1.54) is 0 Å². The molecule has 1 N–H and O–H groups in total. The molecule has 0 atom stereocenters. The van der Waals surface area contributed by atoms with Crippen molar-refractivity contribution in [3.05, 3.63) is 0 Å². The van der Waals surface area contributed by atoms with Gasteiger partial charge in [-0.3, -0.25) is 4.79 Å². The molecule has 0 spiro atoms. The predicted molar refractivity (Wildman–Crippen MR) is 36.9 cm³/mol. The van der Waals surface area contributed by atoms with Crippen LogP contribution in [0.4, 0.5) is 0 Å². The molecule has 8 heavy (non-hydrogen) atoms. The van der Waals surface area contributed by atoms with E-state index in [4.69, 9.17) is 5.11 Å². The second kappa shape index (κ2) is 10.7. The van der Waals surface area contributed by atoms with E-state index in [0.717, 1.165) is 6.42 Å². The Morgan fingerprint density at radius 3 is 2.00 bits per heavy atom. The van der Waals surface area contributed by atoms with Crippen LogP contribution in [0.1, 0.15) is 19.8 Å². The Bertz CT molecular complexity index is 58.0. The molecule has 46 valence electrons. The summed E-state index contributed by atoms with van der Waals surface area (Å²) in [5.41, 5.74) is 0. The minimum absolute atomic E-state index is 0. The second-order valence-electron chi connectivity index (χ2n) is 1.14. The molecular weight excluding hydrogens is 138 g/mol. The van der Waals surface area contributed by atoms with Crippen molar-refractivity contribution in [2.75, 3.05) is 0 Å². The van der Waals surface area contributed by atoms with Crippen LogP contribution >= 0.6 is 12.4 Å². The van der Waals surface area contributed by atoms with E-state index >= 15 is 0 Å². The fraction of sp³-hybridized carbons (Fsp3) is 0.750. The second-order valence-corrected chi connectivity index (χ2v) is 1.14. The van der Waals surface area contributed by atoms with E-state index in [9.17, 15) is 4.79 Å². The summed E-state index contributed by atoms with van der Waals surface area (Å²) in [4.78, 5) is 9.60. The van der Waals surface area contributed by atoms with Crippen molar-refractivity contribution in [2.45, 2.75) is 19.8 Å². The molecule has 0 saturated heterocycles. The molecule has 0 bridgehead atoms. The summed E-state index contributed by atoms with van der Waals surface area (Å²) >= 11 is 0. The average Bonchev–Trinajstić information content (AvgIpc) is 1.35. The normalized spacial score (nSPS) is 6.12. The van der Waals surface area contributed by atoms with Gasteiger partial charge in [-0.25, -0.2) is 0 Å². The van der Waals surface area contributed by atoms with Gasteiger partial charge < -0.3 is 5.11 Å².